The minimum absolute atomic E-state index is 0.0110. The lowest BCUT2D eigenvalue weighted by Gasteiger charge is -2.31. The normalized spacial score (nSPS) is 16.1. The van der Waals surface area contributed by atoms with Crippen molar-refractivity contribution in [3.63, 3.8) is 0 Å². The van der Waals surface area contributed by atoms with Gasteiger partial charge in [-0.05, 0) is 12.1 Å². The molecule has 1 aromatic carbocycles. The predicted molar refractivity (Wildman–Crippen MR) is 79.9 cm³/mol. The Bertz CT molecular complexity index is 508. The minimum Gasteiger partial charge on any atom is -0.382 e. The van der Waals surface area contributed by atoms with Crippen molar-refractivity contribution < 1.29 is 9.53 Å². The second-order valence-corrected chi connectivity index (χ2v) is 5.35. The maximum atomic E-state index is 12.7. The molecule has 1 fully saturated rings. The highest BCUT2D eigenvalue weighted by Crippen LogP contribution is 2.18. The van der Waals surface area contributed by atoms with Crippen LogP contribution >= 0.6 is 11.6 Å². The van der Waals surface area contributed by atoms with Crippen molar-refractivity contribution in [3.8, 4) is 0 Å². The number of nitrogens with zero attached hydrogens (tertiary/aromatic N) is 2. The first-order chi connectivity index (χ1) is 9.58. The van der Waals surface area contributed by atoms with Crippen LogP contribution in [-0.2, 0) is 4.74 Å². The van der Waals surface area contributed by atoms with Crippen LogP contribution in [0, 0.1) is 0 Å². The third-order valence-electron chi connectivity index (χ3n) is 3.05. The van der Waals surface area contributed by atoms with Crippen molar-refractivity contribution in [2.75, 3.05) is 40.4 Å². The van der Waals surface area contributed by atoms with E-state index in [4.69, 9.17) is 16.3 Å². The summed E-state index contributed by atoms with van der Waals surface area (Å²) >= 11 is 5.97. The highest BCUT2D eigenvalue weighted by molar-refractivity contribution is 6.31. The van der Waals surface area contributed by atoms with E-state index in [1.165, 1.54) is 0 Å². The van der Waals surface area contributed by atoms with Crippen LogP contribution in [-0.4, -0.2) is 56.0 Å². The molecular formula is C15H19ClN2O2. The van der Waals surface area contributed by atoms with Gasteiger partial charge in [0.25, 0.3) is 0 Å². The third-order valence-corrected chi connectivity index (χ3v) is 3.29. The number of morpholine rings is 1. The summed E-state index contributed by atoms with van der Waals surface area (Å²) in [4.78, 5) is 16.6. The molecule has 4 nitrogen and oxygen atoms in total. The van der Waals surface area contributed by atoms with E-state index in [0.29, 0.717) is 29.5 Å². The van der Waals surface area contributed by atoms with Crippen LogP contribution in [0.5, 0.6) is 0 Å². The zero-order chi connectivity index (χ0) is 14.5. The van der Waals surface area contributed by atoms with E-state index < -0.39 is 0 Å². The lowest BCUT2D eigenvalue weighted by Crippen LogP contribution is -2.38. The molecule has 2 rings (SSSR count). The van der Waals surface area contributed by atoms with Crippen molar-refractivity contribution >= 4 is 17.4 Å². The molecule has 1 heterocycles. The SMILES string of the molecule is CN(C)/C=C(/C(=O)c1cccc(Cl)c1)N1CCOCC1. The van der Waals surface area contributed by atoms with E-state index in [2.05, 4.69) is 4.90 Å². The molecule has 0 amide bonds. The second-order valence-electron chi connectivity index (χ2n) is 4.92. The Morgan fingerprint density at radius 1 is 1.35 bits per heavy atom. The van der Waals surface area contributed by atoms with Gasteiger partial charge in [-0.3, -0.25) is 4.79 Å². The van der Waals surface area contributed by atoms with Gasteiger partial charge >= 0.3 is 0 Å². The highest BCUT2D eigenvalue weighted by Gasteiger charge is 2.21. The summed E-state index contributed by atoms with van der Waals surface area (Å²) in [5.41, 5.74) is 1.29. The Labute approximate surface area is 124 Å². The number of Topliss-reactive ketones (excluding diaryl/α,β-unsaturated/α-hetero) is 1. The lowest BCUT2D eigenvalue weighted by atomic mass is 10.1. The minimum atomic E-state index is -0.0110. The van der Waals surface area contributed by atoms with Crippen LogP contribution in [0.4, 0.5) is 0 Å². The van der Waals surface area contributed by atoms with E-state index >= 15 is 0 Å². The fourth-order valence-corrected chi connectivity index (χ4v) is 2.30. The first-order valence-electron chi connectivity index (χ1n) is 6.59. The predicted octanol–water partition coefficient (Wildman–Crippen LogP) is 2.26. The average Bonchev–Trinajstić information content (AvgIpc) is 2.45. The number of hydrogen-bond donors (Lipinski definition) is 0. The summed E-state index contributed by atoms with van der Waals surface area (Å²) in [5, 5.41) is 0.571. The zero-order valence-electron chi connectivity index (χ0n) is 11.8. The number of allylic oxidation sites excluding steroid dienone is 1. The molecule has 1 aliphatic rings. The number of ether oxygens (including phenoxy) is 1. The molecule has 108 valence electrons. The summed E-state index contributed by atoms with van der Waals surface area (Å²) in [5.74, 6) is -0.0110. The number of halogens is 1. The highest BCUT2D eigenvalue weighted by atomic mass is 35.5. The van der Waals surface area contributed by atoms with E-state index in [-0.39, 0.29) is 5.78 Å². The van der Waals surface area contributed by atoms with Crippen LogP contribution in [0.1, 0.15) is 10.4 Å². The van der Waals surface area contributed by atoms with Crippen molar-refractivity contribution in [1.29, 1.82) is 0 Å². The Hall–Kier alpha value is -1.52. The number of carbonyl (C=O) groups is 1. The lowest BCUT2D eigenvalue weighted by molar-refractivity contribution is 0.0500. The van der Waals surface area contributed by atoms with E-state index in [0.717, 1.165) is 13.1 Å². The van der Waals surface area contributed by atoms with E-state index in [1.54, 1.807) is 24.3 Å². The Morgan fingerprint density at radius 2 is 2.05 bits per heavy atom. The first kappa shape index (κ1) is 14.9. The maximum Gasteiger partial charge on any atom is 0.210 e. The van der Waals surface area contributed by atoms with Crippen LogP contribution < -0.4 is 0 Å². The fraction of sp³-hybridized carbons (Fsp3) is 0.400. The number of carbonyl (C=O) groups excluding carboxylic acids is 1. The van der Waals surface area contributed by atoms with Crippen LogP contribution in [0.15, 0.2) is 36.2 Å². The largest absolute Gasteiger partial charge is 0.382 e. The molecule has 5 heteroatoms. The molecule has 0 spiro atoms. The van der Waals surface area contributed by atoms with Gasteiger partial charge in [-0.2, -0.15) is 0 Å². The fourth-order valence-electron chi connectivity index (χ4n) is 2.11. The molecule has 0 bridgehead atoms. The maximum absolute atomic E-state index is 12.7. The molecule has 0 N–H and O–H groups in total. The average molecular weight is 295 g/mol. The molecule has 0 saturated carbocycles. The van der Waals surface area contributed by atoms with E-state index in [1.807, 2.05) is 25.2 Å². The van der Waals surface area contributed by atoms with Gasteiger partial charge in [-0.1, -0.05) is 23.7 Å². The topological polar surface area (TPSA) is 32.8 Å². The van der Waals surface area contributed by atoms with Crippen LogP contribution in [0.2, 0.25) is 5.02 Å². The molecule has 1 aromatic rings. The molecule has 20 heavy (non-hydrogen) atoms. The molecule has 0 atom stereocenters. The van der Waals surface area contributed by atoms with Crippen molar-refractivity contribution in [2.24, 2.45) is 0 Å². The van der Waals surface area contributed by atoms with Crippen LogP contribution in [0.3, 0.4) is 0 Å². The van der Waals surface area contributed by atoms with Gasteiger partial charge in [0.2, 0.25) is 5.78 Å². The van der Waals surface area contributed by atoms with Crippen LogP contribution in [0.25, 0.3) is 0 Å². The molecular weight excluding hydrogens is 276 g/mol. The van der Waals surface area contributed by atoms with Gasteiger partial charge in [0.1, 0.15) is 5.70 Å². The summed E-state index contributed by atoms with van der Waals surface area (Å²) in [6.45, 7) is 2.75. The Kier molecular flexibility index (Phi) is 5.04. The first-order valence-corrected chi connectivity index (χ1v) is 6.97. The molecule has 0 aromatic heterocycles. The molecule has 0 aliphatic carbocycles. The van der Waals surface area contributed by atoms with E-state index in [9.17, 15) is 4.79 Å². The van der Waals surface area contributed by atoms with Gasteiger partial charge in [0.15, 0.2) is 0 Å². The number of hydrogen-bond acceptors (Lipinski definition) is 4. The summed E-state index contributed by atoms with van der Waals surface area (Å²) < 4.78 is 5.34. The van der Waals surface area contributed by atoms with Crippen molar-refractivity contribution in [3.05, 3.63) is 46.7 Å². The zero-order valence-corrected chi connectivity index (χ0v) is 12.6. The monoisotopic (exact) mass is 294 g/mol. The van der Waals surface area contributed by atoms with Gasteiger partial charge in [0.05, 0.1) is 13.2 Å². The molecule has 0 unspecified atom stereocenters. The summed E-state index contributed by atoms with van der Waals surface area (Å²) in [6.07, 6.45) is 1.86. The smallest absolute Gasteiger partial charge is 0.210 e. The number of benzene rings is 1. The van der Waals surface area contributed by atoms with Gasteiger partial charge in [0, 0.05) is 44.0 Å². The second kappa shape index (κ2) is 6.77. The van der Waals surface area contributed by atoms with Gasteiger partial charge in [-0.25, -0.2) is 0 Å². The summed E-state index contributed by atoms with van der Waals surface area (Å²) in [6, 6.07) is 7.05. The molecule has 1 aliphatic heterocycles. The molecule has 1 saturated heterocycles. The van der Waals surface area contributed by atoms with Crippen molar-refractivity contribution in [1.82, 2.24) is 9.80 Å². The number of rotatable bonds is 4. The van der Waals surface area contributed by atoms with Gasteiger partial charge in [-0.15, -0.1) is 0 Å². The third kappa shape index (κ3) is 3.74. The standard InChI is InChI=1S/C15H19ClN2O2/c1-17(2)11-14(18-6-8-20-9-7-18)15(19)12-4-3-5-13(16)10-12/h3-5,10-11H,6-9H2,1-2H3/b14-11-. The van der Waals surface area contributed by atoms with Gasteiger partial charge < -0.3 is 14.5 Å². The molecule has 0 radical (unpaired) electrons. The van der Waals surface area contributed by atoms with Crippen molar-refractivity contribution in [2.45, 2.75) is 0 Å². The Balaban J connectivity index is 2.28. The number of ketones is 1. The Morgan fingerprint density at radius 3 is 2.65 bits per heavy atom. The quantitative estimate of drug-likeness (QED) is 0.630. The summed E-state index contributed by atoms with van der Waals surface area (Å²) in [7, 11) is 3.82.